The molecule has 3 rings (SSSR count). The number of hydrogen-bond donors (Lipinski definition) is 2. The van der Waals surface area contributed by atoms with Crippen LogP contribution in [0.25, 0.3) is 5.78 Å². The average Bonchev–Trinajstić information content (AvgIpc) is 3.07. The van der Waals surface area contributed by atoms with Crippen molar-refractivity contribution in [2.75, 3.05) is 10.6 Å². The molecule has 0 aliphatic carbocycles. The van der Waals surface area contributed by atoms with Crippen LogP contribution in [0.2, 0.25) is 0 Å². The van der Waals surface area contributed by atoms with Gasteiger partial charge in [-0.15, -0.1) is 5.10 Å². The fourth-order valence-electron chi connectivity index (χ4n) is 2.88. The van der Waals surface area contributed by atoms with Gasteiger partial charge in [0.1, 0.15) is 0 Å². The molecule has 0 aliphatic rings. The minimum Gasteiger partial charge on any atom is -0.326 e. The normalized spacial score (nSPS) is 10.9. The largest absolute Gasteiger partial charge is 0.326 e. The Bertz CT molecular complexity index is 1040. The number of aryl methyl sites for hydroxylation is 3. The van der Waals surface area contributed by atoms with Gasteiger partial charge < -0.3 is 10.6 Å². The average molecular weight is 380 g/mol. The lowest BCUT2D eigenvalue weighted by Gasteiger charge is -2.10. The molecule has 2 N–H and O–H groups in total. The minimum atomic E-state index is -0.415. The first-order chi connectivity index (χ1) is 13.4. The number of benzene rings is 1. The van der Waals surface area contributed by atoms with E-state index in [1.54, 1.807) is 22.7 Å². The van der Waals surface area contributed by atoms with Crippen molar-refractivity contribution in [2.24, 2.45) is 0 Å². The Kier molecular flexibility index (Phi) is 5.67. The van der Waals surface area contributed by atoms with E-state index in [0.717, 1.165) is 35.5 Å². The molecule has 3 aromatic rings. The lowest BCUT2D eigenvalue weighted by molar-refractivity contribution is -0.116. The molecule has 0 saturated carbocycles. The van der Waals surface area contributed by atoms with Crippen LogP contribution in [0.5, 0.6) is 0 Å². The van der Waals surface area contributed by atoms with E-state index in [1.165, 1.54) is 0 Å². The summed E-state index contributed by atoms with van der Waals surface area (Å²) >= 11 is 0. The van der Waals surface area contributed by atoms with E-state index in [9.17, 15) is 9.59 Å². The third-order valence-electron chi connectivity index (χ3n) is 4.34. The van der Waals surface area contributed by atoms with Gasteiger partial charge in [-0.25, -0.2) is 9.50 Å². The van der Waals surface area contributed by atoms with Crippen molar-refractivity contribution in [3.63, 3.8) is 0 Å². The molecule has 0 unspecified atom stereocenters. The first-order valence-electron chi connectivity index (χ1n) is 9.30. The number of unbranched alkanes of at least 4 members (excludes halogenated alkanes) is 1. The number of hydrogen-bond acceptors (Lipinski definition) is 5. The highest BCUT2D eigenvalue weighted by atomic mass is 16.2. The van der Waals surface area contributed by atoms with Gasteiger partial charge in [0.2, 0.25) is 11.7 Å². The molecule has 8 heteroatoms. The summed E-state index contributed by atoms with van der Waals surface area (Å²) in [7, 11) is 0. The summed E-state index contributed by atoms with van der Waals surface area (Å²) in [5.74, 6) is 0.0234. The summed E-state index contributed by atoms with van der Waals surface area (Å²) in [4.78, 5) is 32.9. The highest BCUT2D eigenvalue weighted by molar-refractivity contribution is 6.02. The smallest absolute Gasteiger partial charge is 0.295 e. The van der Waals surface area contributed by atoms with Gasteiger partial charge in [-0.1, -0.05) is 13.3 Å². The maximum atomic E-state index is 12.5. The molecule has 0 saturated heterocycles. The molecule has 2 heterocycles. The van der Waals surface area contributed by atoms with E-state index in [2.05, 4.69) is 25.7 Å². The van der Waals surface area contributed by atoms with E-state index >= 15 is 0 Å². The second-order valence-corrected chi connectivity index (χ2v) is 6.82. The Morgan fingerprint density at radius 1 is 1.07 bits per heavy atom. The predicted molar refractivity (Wildman–Crippen MR) is 108 cm³/mol. The van der Waals surface area contributed by atoms with Crippen molar-refractivity contribution >= 4 is 29.0 Å². The van der Waals surface area contributed by atoms with Crippen molar-refractivity contribution < 1.29 is 9.59 Å². The summed E-state index contributed by atoms with van der Waals surface area (Å²) in [5, 5.41) is 9.92. The zero-order valence-corrected chi connectivity index (χ0v) is 16.5. The van der Waals surface area contributed by atoms with E-state index in [0.29, 0.717) is 17.9 Å². The van der Waals surface area contributed by atoms with Crippen LogP contribution in [-0.4, -0.2) is 31.4 Å². The number of rotatable bonds is 6. The fourth-order valence-corrected chi connectivity index (χ4v) is 2.88. The Labute approximate surface area is 163 Å². The van der Waals surface area contributed by atoms with Gasteiger partial charge in [0.25, 0.3) is 11.7 Å². The van der Waals surface area contributed by atoms with Crippen molar-refractivity contribution in [3.05, 3.63) is 47.0 Å². The number of fused-ring (bicyclic) bond motifs is 1. The SMILES string of the molecule is CCCCC(=O)Nc1ccc(NC(=O)c2nc3nc(C)cc(C)n3n2)cc1C. The van der Waals surface area contributed by atoms with E-state index < -0.39 is 5.91 Å². The zero-order valence-electron chi connectivity index (χ0n) is 16.5. The number of nitrogens with zero attached hydrogens (tertiary/aromatic N) is 4. The van der Waals surface area contributed by atoms with Gasteiger partial charge in [-0.05, 0) is 57.0 Å². The fraction of sp³-hybridized carbons (Fsp3) is 0.350. The summed E-state index contributed by atoms with van der Waals surface area (Å²) < 4.78 is 1.54. The van der Waals surface area contributed by atoms with Crippen LogP contribution in [0.15, 0.2) is 24.3 Å². The standard InChI is InChI=1S/C20H24N6O2/c1-5-6-7-17(27)23-16-9-8-15(10-12(16)2)22-19(28)18-24-20-21-13(3)11-14(4)26(20)25-18/h8-11H,5-7H2,1-4H3,(H,22,28)(H,23,27). The first-order valence-corrected chi connectivity index (χ1v) is 9.30. The number of carbonyl (C=O) groups excluding carboxylic acids is 2. The molecule has 0 fully saturated rings. The van der Waals surface area contributed by atoms with Crippen molar-refractivity contribution in [2.45, 2.75) is 47.0 Å². The molecule has 146 valence electrons. The van der Waals surface area contributed by atoms with Gasteiger partial charge in [0.05, 0.1) is 0 Å². The molecular formula is C20H24N6O2. The Morgan fingerprint density at radius 2 is 1.86 bits per heavy atom. The van der Waals surface area contributed by atoms with Crippen LogP contribution in [-0.2, 0) is 4.79 Å². The summed E-state index contributed by atoms with van der Waals surface area (Å²) in [5.41, 5.74) is 3.87. The highest BCUT2D eigenvalue weighted by Crippen LogP contribution is 2.20. The van der Waals surface area contributed by atoms with Gasteiger partial charge in [-0.2, -0.15) is 4.98 Å². The van der Waals surface area contributed by atoms with Crippen molar-refractivity contribution in [1.82, 2.24) is 19.6 Å². The minimum absolute atomic E-state index is 0.00574. The third kappa shape index (κ3) is 4.33. The van der Waals surface area contributed by atoms with Crippen molar-refractivity contribution in [3.8, 4) is 0 Å². The molecule has 0 aliphatic heterocycles. The summed E-state index contributed by atoms with van der Waals surface area (Å²) in [6.45, 7) is 7.68. The van der Waals surface area contributed by atoms with E-state index in [-0.39, 0.29) is 11.7 Å². The molecule has 1 aromatic carbocycles. The molecular weight excluding hydrogens is 356 g/mol. The molecule has 8 nitrogen and oxygen atoms in total. The molecule has 0 atom stereocenters. The second kappa shape index (κ2) is 8.16. The Morgan fingerprint density at radius 3 is 2.57 bits per heavy atom. The van der Waals surface area contributed by atoms with Gasteiger partial charge >= 0.3 is 0 Å². The van der Waals surface area contributed by atoms with E-state index in [4.69, 9.17) is 0 Å². The maximum absolute atomic E-state index is 12.5. The molecule has 2 aromatic heterocycles. The quantitative estimate of drug-likeness (QED) is 0.682. The van der Waals surface area contributed by atoms with Gasteiger partial charge in [-0.3, -0.25) is 9.59 Å². The van der Waals surface area contributed by atoms with Gasteiger partial charge in [0, 0.05) is 29.2 Å². The Balaban J connectivity index is 1.73. The summed E-state index contributed by atoms with van der Waals surface area (Å²) in [6.07, 6.45) is 2.34. The lowest BCUT2D eigenvalue weighted by Crippen LogP contribution is -2.15. The van der Waals surface area contributed by atoms with E-state index in [1.807, 2.05) is 33.8 Å². The molecule has 28 heavy (non-hydrogen) atoms. The number of anilines is 2. The van der Waals surface area contributed by atoms with Crippen molar-refractivity contribution in [1.29, 1.82) is 0 Å². The topological polar surface area (TPSA) is 101 Å². The number of carbonyl (C=O) groups is 2. The van der Waals surface area contributed by atoms with Crippen LogP contribution in [0.4, 0.5) is 11.4 Å². The van der Waals surface area contributed by atoms with Crippen LogP contribution in [0.3, 0.4) is 0 Å². The molecule has 2 amide bonds. The molecule has 0 spiro atoms. The van der Waals surface area contributed by atoms with Crippen LogP contribution >= 0.6 is 0 Å². The number of nitrogens with one attached hydrogen (secondary N) is 2. The lowest BCUT2D eigenvalue weighted by atomic mass is 10.1. The van der Waals surface area contributed by atoms with Crippen LogP contribution in [0.1, 0.15) is 53.8 Å². The monoisotopic (exact) mass is 380 g/mol. The first kappa shape index (κ1) is 19.5. The molecule has 0 radical (unpaired) electrons. The predicted octanol–water partition coefficient (Wildman–Crippen LogP) is 3.43. The van der Waals surface area contributed by atoms with Gasteiger partial charge in [0.15, 0.2) is 0 Å². The Hall–Kier alpha value is -3.29. The second-order valence-electron chi connectivity index (χ2n) is 6.82. The summed E-state index contributed by atoms with van der Waals surface area (Å²) in [6, 6.07) is 7.20. The van der Waals surface area contributed by atoms with Crippen LogP contribution < -0.4 is 10.6 Å². The number of amides is 2. The highest BCUT2D eigenvalue weighted by Gasteiger charge is 2.15. The zero-order chi connectivity index (χ0) is 20.3. The number of aromatic nitrogens is 4. The van der Waals surface area contributed by atoms with Crippen LogP contribution in [0, 0.1) is 20.8 Å². The maximum Gasteiger partial charge on any atom is 0.295 e. The molecule has 0 bridgehead atoms. The third-order valence-corrected chi connectivity index (χ3v) is 4.34.